The first kappa shape index (κ1) is 14.7. The maximum Gasteiger partial charge on any atom is 0.253 e. The molecule has 0 spiro atoms. The molecule has 3 N–H and O–H groups in total. The average Bonchev–Trinajstić information content (AvgIpc) is 2.45. The molecule has 1 aromatic carbocycles. The third kappa shape index (κ3) is 3.44. The van der Waals surface area contributed by atoms with Crippen molar-refractivity contribution >= 4 is 11.6 Å². The van der Waals surface area contributed by atoms with Gasteiger partial charge in [-0.25, -0.2) is 0 Å². The average molecular weight is 276 g/mol. The zero-order chi connectivity index (χ0) is 14.6. The summed E-state index contributed by atoms with van der Waals surface area (Å²) >= 11 is 0. The van der Waals surface area contributed by atoms with Gasteiger partial charge >= 0.3 is 0 Å². The summed E-state index contributed by atoms with van der Waals surface area (Å²) in [5.41, 5.74) is 7.10. The first-order valence-corrected chi connectivity index (χ1v) is 7.26. The number of benzene rings is 1. The predicted molar refractivity (Wildman–Crippen MR) is 80.9 cm³/mol. The summed E-state index contributed by atoms with van der Waals surface area (Å²) in [6.07, 6.45) is 6.21. The Hall–Kier alpha value is -1.71. The van der Waals surface area contributed by atoms with Crippen LogP contribution in [0.5, 0.6) is 5.75 Å². The highest BCUT2D eigenvalue weighted by molar-refractivity contribution is 5.99. The van der Waals surface area contributed by atoms with Crippen molar-refractivity contribution in [3.05, 3.63) is 23.8 Å². The van der Waals surface area contributed by atoms with Gasteiger partial charge in [0.05, 0.1) is 12.7 Å². The number of hydrogen-bond donors (Lipinski definition) is 2. The fraction of sp³-hybridized carbons (Fsp3) is 0.562. The van der Waals surface area contributed by atoms with Gasteiger partial charge in [0.2, 0.25) is 0 Å². The number of methoxy groups -OCH3 is 1. The van der Waals surface area contributed by atoms with Crippen LogP contribution in [-0.4, -0.2) is 19.6 Å². The van der Waals surface area contributed by atoms with Crippen LogP contribution in [0.15, 0.2) is 18.2 Å². The lowest BCUT2D eigenvalue weighted by Gasteiger charge is -2.33. The number of anilines is 1. The Morgan fingerprint density at radius 3 is 2.65 bits per heavy atom. The van der Waals surface area contributed by atoms with Crippen molar-refractivity contribution in [3.63, 3.8) is 0 Å². The third-order valence-electron chi connectivity index (χ3n) is 4.24. The van der Waals surface area contributed by atoms with E-state index in [9.17, 15) is 4.79 Å². The van der Waals surface area contributed by atoms with E-state index in [1.807, 2.05) is 0 Å². The minimum Gasteiger partial charge on any atom is -0.497 e. The first-order chi connectivity index (χ1) is 9.54. The van der Waals surface area contributed by atoms with Gasteiger partial charge in [-0.2, -0.15) is 0 Å². The zero-order valence-corrected chi connectivity index (χ0v) is 12.4. The predicted octanol–water partition coefficient (Wildman–Crippen LogP) is 2.98. The molecule has 0 aliphatic heterocycles. The lowest BCUT2D eigenvalue weighted by Crippen LogP contribution is -2.37. The van der Waals surface area contributed by atoms with Gasteiger partial charge in [-0.1, -0.05) is 26.2 Å². The number of amides is 1. The van der Waals surface area contributed by atoms with Crippen LogP contribution in [0.25, 0.3) is 0 Å². The van der Waals surface area contributed by atoms with Gasteiger partial charge < -0.3 is 15.8 Å². The number of rotatable bonds is 4. The summed E-state index contributed by atoms with van der Waals surface area (Å²) in [5, 5.41) is 3.03. The molecule has 0 saturated heterocycles. The molecule has 1 aliphatic rings. The van der Waals surface area contributed by atoms with Crippen LogP contribution in [0.4, 0.5) is 5.69 Å². The highest BCUT2D eigenvalue weighted by atomic mass is 16.5. The van der Waals surface area contributed by atoms with Crippen LogP contribution in [0.2, 0.25) is 0 Å². The monoisotopic (exact) mass is 276 g/mol. The highest BCUT2D eigenvalue weighted by Crippen LogP contribution is 2.35. The van der Waals surface area contributed by atoms with E-state index < -0.39 is 0 Å². The van der Waals surface area contributed by atoms with Crippen molar-refractivity contribution in [1.82, 2.24) is 5.32 Å². The lowest BCUT2D eigenvalue weighted by atomic mass is 9.76. The van der Waals surface area contributed by atoms with Crippen LogP contribution < -0.4 is 15.8 Å². The molecule has 0 heterocycles. The molecule has 1 fully saturated rings. The molecule has 4 heteroatoms. The molecule has 4 nitrogen and oxygen atoms in total. The van der Waals surface area contributed by atoms with Crippen molar-refractivity contribution in [1.29, 1.82) is 0 Å². The molecule has 110 valence electrons. The molecule has 1 saturated carbocycles. The Morgan fingerprint density at radius 2 is 2.05 bits per heavy atom. The number of hydrogen-bond acceptors (Lipinski definition) is 3. The second kappa shape index (κ2) is 6.16. The van der Waals surface area contributed by atoms with Crippen molar-refractivity contribution in [3.8, 4) is 5.75 Å². The maximum atomic E-state index is 12.2. The van der Waals surface area contributed by atoms with E-state index in [-0.39, 0.29) is 11.3 Å². The highest BCUT2D eigenvalue weighted by Gasteiger charge is 2.27. The van der Waals surface area contributed by atoms with Gasteiger partial charge in [0.15, 0.2) is 0 Å². The molecule has 0 bridgehead atoms. The van der Waals surface area contributed by atoms with E-state index in [1.165, 1.54) is 32.1 Å². The Bertz CT molecular complexity index is 479. The Kier molecular flexibility index (Phi) is 4.53. The van der Waals surface area contributed by atoms with Crippen LogP contribution in [0, 0.1) is 5.41 Å². The molecular weight excluding hydrogens is 252 g/mol. The van der Waals surface area contributed by atoms with Crippen LogP contribution in [-0.2, 0) is 0 Å². The van der Waals surface area contributed by atoms with E-state index in [0.717, 1.165) is 6.54 Å². The smallest absolute Gasteiger partial charge is 0.253 e. The minimum absolute atomic E-state index is 0.100. The fourth-order valence-electron chi connectivity index (χ4n) is 2.85. The summed E-state index contributed by atoms with van der Waals surface area (Å²) in [5.74, 6) is 0.565. The summed E-state index contributed by atoms with van der Waals surface area (Å²) in [6.45, 7) is 2.97. The van der Waals surface area contributed by atoms with E-state index in [2.05, 4.69) is 12.2 Å². The molecule has 0 atom stereocenters. The normalized spacial score (nSPS) is 17.5. The maximum absolute atomic E-state index is 12.2. The Balaban J connectivity index is 1.98. The van der Waals surface area contributed by atoms with E-state index in [4.69, 9.17) is 10.5 Å². The fourth-order valence-corrected chi connectivity index (χ4v) is 2.85. The van der Waals surface area contributed by atoms with Gasteiger partial charge in [0.25, 0.3) is 5.91 Å². The van der Waals surface area contributed by atoms with Gasteiger partial charge in [0.1, 0.15) is 5.75 Å². The molecule has 1 aromatic rings. The molecule has 1 amide bonds. The number of ether oxygens (including phenoxy) is 1. The molecule has 2 rings (SSSR count). The molecule has 0 radical (unpaired) electrons. The largest absolute Gasteiger partial charge is 0.497 e. The second-order valence-electron chi connectivity index (χ2n) is 6.01. The zero-order valence-electron chi connectivity index (χ0n) is 12.4. The van der Waals surface area contributed by atoms with Crippen LogP contribution >= 0.6 is 0 Å². The Labute approximate surface area is 120 Å². The van der Waals surface area contributed by atoms with E-state index in [0.29, 0.717) is 17.0 Å². The molecular formula is C16H24N2O2. The van der Waals surface area contributed by atoms with Crippen LogP contribution in [0.1, 0.15) is 49.4 Å². The topological polar surface area (TPSA) is 64.3 Å². The van der Waals surface area contributed by atoms with Crippen molar-refractivity contribution in [2.45, 2.75) is 39.0 Å². The number of nitrogens with two attached hydrogens (primary N) is 1. The van der Waals surface area contributed by atoms with Gasteiger partial charge in [-0.3, -0.25) is 4.79 Å². The first-order valence-electron chi connectivity index (χ1n) is 7.26. The van der Waals surface area contributed by atoms with E-state index >= 15 is 0 Å². The molecule has 0 unspecified atom stereocenters. The summed E-state index contributed by atoms with van der Waals surface area (Å²) < 4.78 is 5.09. The summed E-state index contributed by atoms with van der Waals surface area (Å²) in [6, 6.07) is 5.15. The SMILES string of the molecule is COc1ccc(C(=O)NCC2(C)CCCCC2)c(N)c1. The number of nitrogens with one attached hydrogen (secondary N) is 1. The number of carbonyl (C=O) groups is 1. The standard InChI is InChI=1S/C16H24N2O2/c1-16(8-4-3-5-9-16)11-18-15(19)13-7-6-12(20-2)10-14(13)17/h6-7,10H,3-5,8-9,11,17H2,1-2H3,(H,18,19). The minimum atomic E-state index is -0.100. The summed E-state index contributed by atoms with van der Waals surface area (Å²) in [4.78, 5) is 12.2. The van der Waals surface area contributed by atoms with Gasteiger partial charge in [-0.05, 0) is 30.4 Å². The summed E-state index contributed by atoms with van der Waals surface area (Å²) in [7, 11) is 1.58. The van der Waals surface area contributed by atoms with Crippen molar-refractivity contribution in [2.75, 3.05) is 19.4 Å². The van der Waals surface area contributed by atoms with Gasteiger partial charge in [0, 0.05) is 18.3 Å². The van der Waals surface area contributed by atoms with Crippen LogP contribution in [0.3, 0.4) is 0 Å². The molecule has 1 aliphatic carbocycles. The number of carbonyl (C=O) groups excluding carboxylic acids is 1. The third-order valence-corrected chi connectivity index (χ3v) is 4.24. The van der Waals surface area contributed by atoms with Crippen molar-refractivity contribution in [2.24, 2.45) is 5.41 Å². The van der Waals surface area contributed by atoms with E-state index in [1.54, 1.807) is 25.3 Å². The Morgan fingerprint density at radius 1 is 1.35 bits per heavy atom. The number of nitrogen functional groups attached to an aromatic ring is 1. The quantitative estimate of drug-likeness (QED) is 0.831. The van der Waals surface area contributed by atoms with Crippen molar-refractivity contribution < 1.29 is 9.53 Å². The molecule has 0 aromatic heterocycles. The van der Waals surface area contributed by atoms with Gasteiger partial charge in [-0.15, -0.1) is 0 Å². The second-order valence-corrected chi connectivity index (χ2v) is 6.01. The lowest BCUT2D eigenvalue weighted by molar-refractivity contribution is 0.0920. The molecule has 20 heavy (non-hydrogen) atoms.